The molecule has 2 unspecified atom stereocenters. The van der Waals surface area contributed by atoms with E-state index >= 15 is 0 Å². The molecule has 2 atom stereocenters. The Kier molecular flexibility index (Phi) is 4.18. The van der Waals surface area contributed by atoms with Crippen molar-refractivity contribution in [1.82, 2.24) is 0 Å². The minimum absolute atomic E-state index is 0.00701. The third kappa shape index (κ3) is 2.99. The second-order valence-corrected chi connectivity index (χ2v) is 5.29. The summed E-state index contributed by atoms with van der Waals surface area (Å²) in [7, 11) is 0. The minimum Gasteiger partial charge on any atom is -0.493 e. The Labute approximate surface area is 114 Å². The summed E-state index contributed by atoms with van der Waals surface area (Å²) in [6.45, 7) is 6.66. The number of rotatable bonds is 4. The van der Waals surface area contributed by atoms with Gasteiger partial charge in [-0.05, 0) is 32.9 Å². The SMILES string of the molecule is CCOc1cc2c(cc1/C=C/C(C)Cl)OC(C)C2. The molecule has 2 nitrogen and oxygen atoms in total. The third-order valence-electron chi connectivity index (χ3n) is 2.87. The Morgan fingerprint density at radius 2 is 2.33 bits per heavy atom. The van der Waals surface area contributed by atoms with Gasteiger partial charge in [0.2, 0.25) is 0 Å². The number of allylic oxidation sites excluding steroid dienone is 1. The van der Waals surface area contributed by atoms with E-state index in [9.17, 15) is 0 Å². The van der Waals surface area contributed by atoms with Gasteiger partial charge in [0.25, 0.3) is 0 Å². The van der Waals surface area contributed by atoms with E-state index in [-0.39, 0.29) is 11.5 Å². The first kappa shape index (κ1) is 13.3. The van der Waals surface area contributed by atoms with Gasteiger partial charge in [0.05, 0.1) is 6.61 Å². The quantitative estimate of drug-likeness (QED) is 0.766. The molecule has 18 heavy (non-hydrogen) atoms. The van der Waals surface area contributed by atoms with Crippen LogP contribution in [0.15, 0.2) is 18.2 Å². The summed E-state index contributed by atoms with van der Waals surface area (Å²) in [5.41, 5.74) is 2.25. The second-order valence-electron chi connectivity index (χ2n) is 4.60. The van der Waals surface area contributed by atoms with Crippen molar-refractivity contribution in [2.24, 2.45) is 0 Å². The zero-order chi connectivity index (χ0) is 13.1. The van der Waals surface area contributed by atoms with Crippen LogP contribution in [0.4, 0.5) is 0 Å². The van der Waals surface area contributed by atoms with Crippen molar-refractivity contribution in [3.63, 3.8) is 0 Å². The summed E-state index contributed by atoms with van der Waals surface area (Å²) in [6.07, 6.45) is 5.14. The molecule has 1 heterocycles. The smallest absolute Gasteiger partial charge is 0.127 e. The van der Waals surface area contributed by atoms with Crippen LogP contribution in [0.3, 0.4) is 0 Å². The second kappa shape index (κ2) is 5.66. The number of alkyl halides is 1. The van der Waals surface area contributed by atoms with Gasteiger partial charge in [-0.15, -0.1) is 11.6 Å². The van der Waals surface area contributed by atoms with Gasteiger partial charge in [-0.2, -0.15) is 0 Å². The molecule has 0 saturated carbocycles. The summed E-state index contributed by atoms with van der Waals surface area (Å²) in [5.74, 6) is 1.87. The highest BCUT2D eigenvalue weighted by atomic mass is 35.5. The van der Waals surface area contributed by atoms with E-state index in [0.717, 1.165) is 23.5 Å². The summed E-state index contributed by atoms with van der Waals surface area (Å²) in [5, 5.41) is 0.00701. The van der Waals surface area contributed by atoms with Crippen LogP contribution in [-0.4, -0.2) is 18.1 Å². The molecule has 1 aromatic rings. The molecule has 0 fully saturated rings. The van der Waals surface area contributed by atoms with Gasteiger partial charge in [-0.25, -0.2) is 0 Å². The number of fused-ring (bicyclic) bond motifs is 1. The summed E-state index contributed by atoms with van der Waals surface area (Å²) in [6, 6.07) is 4.13. The zero-order valence-corrected chi connectivity index (χ0v) is 11.8. The van der Waals surface area contributed by atoms with Gasteiger partial charge in [-0.1, -0.05) is 12.2 Å². The van der Waals surface area contributed by atoms with Crippen molar-refractivity contribution in [3.8, 4) is 11.5 Å². The van der Waals surface area contributed by atoms with Crippen LogP contribution in [0.1, 0.15) is 31.9 Å². The molecule has 1 aromatic carbocycles. The van der Waals surface area contributed by atoms with Crippen molar-refractivity contribution >= 4 is 17.7 Å². The Hall–Kier alpha value is -1.15. The standard InChI is InChI=1S/C15H19ClO2/c1-4-17-14-9-13-7-11(3)18-15(13)8-12(14)6-5-10(2)16/h5-6,8-11H,4,7H2,1-3H3/b6-5+. The highest BCUT2D eigenvalue weighted by Gasteiger charge is 2.21. The molecule has 1 aliphatic heterocycles. The molecule has 2 rings (SSSR count). The fraction of sp³-hybridized carbons (Fsp3) is 0.467. The van der Waals surface area contributed by atoms with E-state index in [1.807, 2.05) is 32.1 Å². The van der Waals surface area contributed by atoms with Crippen LogP contribution in [0.2, 0.25) is 0 Å². The van der Waals surface area contributed by atoms with Crippen molar-refractivity contribution in [3.05, 3.63) is 29.3 Å². The minimum atomic E-state index is 0.00701. The first-order valence-electron chi connectivity index (χ1n) is 6.38. The molecular weight excluding hydrogens is 248 g/mol. The molecule has 0 spiro atoms. The van der Waals surface area contributed by atoms with E-state index in [2.05, 4.69) is 13.0 Å². The van der Waals surface area contributed by atoms with Gasteiger partial charge in [0, 0.05) is 22.9 Å². The molecule has 0 radical (unpaired) electrons. The largest absolute Gasteiger partial charge is 0.493 e. The monoisotopic (exact) mass is 266 g/mol. The lowest BCUT2D eigenvalue weighted by atomic mass is 10.1. The molecule has 0 aromatic heterocycles. The topological polar surface area (TPSA) is 18.5 Å². The van der Waals surface area contributed by atoms with Gasteiger partial charge < -0.3 is 9.47 Å². The molecular formula is C15H19ClO2. The summed E-state index contributed by atoms with van der Waals surface area (Å²) >= 11 is 5.94. The van der Waals surface area contributed by atoms with Crippen LogP contribution in [0.5, 0.6) is 11.5 Å². The fourth-order valence-electron chi connectivity index (χ4n) is 2.10. The first-order chi connectivity index (χ1) is 8.60. The van der Waals surface area contributed by atoms with Gasteiger partial charge in [0.1, 0.15) is 17.6 Å². The predicted octanol–water partition coefficient (Wildman–Crippen LogP) is 4.05. The first-order valence-corrected chi connectivity index (χ1v) is 6.82. The average Bonchev–Trinajstić information content (AvgIpc) is 2.65. The molecule has 0 N–H and O–H groups in total. The number of halogens is 1. The molecule has 0 saturated heterocycles. The Bertz CT molecular complexity index is 452. The molecule has 1 aliphatic rings. The summed E-state index contributed by atoms with van der Waals surface area (Å²) < 4.78 is 11.4. The Balaban J connectivity index is 2.35. The summed E-state index contributed by atoms with van der Waals surface area (Å²) in [4.78, 5) is 0. The van der Waals surface area contributed by atoms with E-state index in [1.165, 1.54) is 5.56 Å². The van der Waals surface area contributed by atoms with Crippen molar-refractivity contribution in [1.29, 1.82) is 0 Å². The third-order valence-corrected chi connectivity index (χ3v) is 3.01. The lowest BCUT2D eigenvalue weighted by Crippen LogP contribution is -2.05. The average molecular weight is 267 g/mol. The number of hydrogen-bond acceptors (Lipinski definition) is 2. The zero-order valence-electron chi connectivity index (χ0n) is 11.1. The highest BCUT2D eigenvalue weighted by Crippen LogP contribution is 2.35. The number of hydrogen-bond donors (Lipinski definition) is 0. The van der Waals surface area contributed by atoms with Crippen LogP contribution >= 0.6 is 11.6 Å². The maximum Gasteiger partial charge on any atom is 0.127 e. The van der Waals surface area contributed by atoms with E-state index in [0.29, 0.717) is 6.61 Å². The van der Waals surface area contributed by atoms with E-state index in [4.69, 9.17) is 21.1 Å². The highest BCUT2D eigenvalue weighted by molar-refractivity contribution is 6.21. The van der Waals surface area contributed by atoms with E-state index in [1.54, 1.807) is 0 Å². The van der Waals surface area contributed by atoms with Gasteiger partial charge in [-0.3, -0.25) is 0 Å². The van der Waals surface area contributed by atoms with Gasteiger partial charge >= 0.3 is 0 Å². The van der Waals surface area contributed by atoms with Crippen molar-refractivity contribution < 1.29 is 9.47 Å². The van der Waals surface area contributed by atoms with Gasteiger partial charge in [0.15, 0.2) is 0 Å². The number of ether oxygens (including phenoxy) is 2. The molecule has 0 aliphatic carbocycles. The lowest BCUT2D eigenvalue weighted by molar-refractivity contribution is 0.254. The maximum absolute atomic E-state index is 5.94. The Morgan fingerprint density at radius 3 is 3.00 bits per heavy atom. The normalized spacial score (nSPS) is 19.7. The fourth-order valence-corrected chi connectivity index (χ4v) is 2.17. The van der Waals surface area contributed by atoms with Crippen LogP contribution in [0.25, 0.3) is 6.08 Å². The molecule has 0 bridgehead atoms. The van der Waals surface area contributed by atoms with Crippen molar-refractivity contribution in [2.75, 3.05) is 6.61 Å². The molecule has 0 amide bonds. The van der Waals surface area contributed by atoms with Crippen LogP contribution in [0, 0.1) is 0 Å². The van der Waals surface area contributed by atoms with Crippen molar-refractivity contribution in [2.45, 2.75) is 38.7 Å². The van der Waals surface area contributed by atoms with Crippen LogP contribution in [-0.2, 0) is 6.42 Å². The molecule has 3 heteroatoms. The lowest BCUT2D eigenvalue weighted by Gasteiger charge is -2.10. The maximum atomic E-state index is 5.94. The predicted molar refractivity (Wildman–Crippen MR) is 75.8 cm³/mol. The Morgan fingerprint density at radius 1 is 1.56 bits per heavy atom. The number of benzene rings is 1. The molecule has 98 valence electrons. The van der Waals surface area contributed by atoms with E-state index < -0.39 is 0 Å². The van der Waals surface area contributed by atoms with Crippen LogP contribution < -0.4 is 9.47 Å².